The normalized spacial score (nSPS) is 42.2. The van der Waals surface area contributed by atoms with E-state index in [0.29, 0.717) is 43.3 Å². The fourth-order valence-electron chi connectivity index (χ4n) is 9.93. The molecule has 4 heterocycles. The van der Waals surface area contributed by atoms with Crippen molar-refractivity contribution >= 4 is 17.6 Å². The molecule has 3 saturated carbocycles. The Kier molecular flexibility index (Phi) is 8.41. The summed E-state index contributed by atoms with van der Waals surface area (Å²) in [5.74, 6) is 0.758. The van der Waals surface area contributed by atoms with Crippen LogP contribution in [0.15, 0.2) is 16.8 Å². The second-order valence-electron chi connectivity index (χ2n) is 14.4. The fraction of sp³-hybridized carbons (Fsp3) is 0.844. The van der Waals surface area contributed by atoms with E-state index in [1.54, 1.807) is 0 Å². The van der Waals surface area contributed by atoms with Crippen molar-refractivity contribution < 1.29 is 18.7 Å². The number of Topliss-reactive ketones (excluding diaryl/α,β-unsaturated/α-hetero) is 1. The monoisotopic (exact) mass is 599 g/mol. The number of carbonyl (C=O) groups excluding carboxylic acids is 2. The largest absolute Gasteiger partial charge is 0.370 e. The smallest absolute Gasteiger partial charge is 0.256 e. The molecule has 0 spiro atoms. The molecule has 238 valence electrons. The summed E-state index contributed by atoms with van der Waals surface area (Å²) in [5, 5.41) is 6.62. The summed E-state index contributed by atoms with van der Waals surface area (Å²) in [6.07, 6.45) is 11.3. The van der Waals surface area contributed by atoms with Crippen LogP contribution in [0.4, 0.5) is 4.39 Å². The Bertz CT molecular complexity index is 1120. The quantitative estimate of drug-likeness (QED) is 0.149. The molecule has 0 aromatic carbocycles. The minimum atomic E-state index is -1.17. The molecule has 3 aliphatic carbocycles. The number of guanidine groups is 1. The lowest BCUT2D eigenvalue weighted by atomic mass is 9.64. The third kappa shape index (κ3) is 5.58. The van der Waals surface area contributed by atoms with Crippen molar-refractivity contribution in [3.63, 3.8) is 0 Å². The van der Waals surface area contributed by atoms with Crippen molar-refractivity contribution in [2.45, 2.75) is 113 Å². The van der Waals surface area contributed by atoms with Crippen molar-refractivity contribution in [1.82, 2.24) is 20.4 Å². The summed E-state index contributed by atoms with van der Waals surface area (Å²) in [4.78, 5) is 36.1. The molecule has 11 atom stereocenters. The molecular formula is C32H50FN7O3. The number of alkyl halides is 1. The number of unbranched alkanes of at least 4 members (excludes halogenated alkanes) is 1. The van der Waals surface area contributed by atoms with E-state index < -0.39 is 12.1 Å². The summed E-state index contributed by atoms with van der Waals surface area (Å²) in [7, 11) is 0. The number of nitrogens with one attached hydrogen (secondary N) is 2. The number of halogens is 1. The zero-order valence-electron chi connectivity index (χ0n) is 25.3. The Balaban J connectivity index is 1.15. The zero-order valence-corrected chi connectivity index (χ0v) is 25.3. The van der Waals surface area contributed by atoms with Crippen LogP contribution in [-0.4, -0.2) is 103 Å². The molecule has 43 heavy (non-hydrogen) atoms. The minimum absolute atomic E-state index is 0.00125. The third-order valence-electron chi connectivity index (χ3n) is 11.9. The summed E-state index contributed by atoms with van der Waals surface area (Å²) in [5.41, 5.74) is 11.0. The second kappa shape index (κ2) is 12.3. The van der Waals surface area contributed by atoms with Crippen LogP contribution in [0.1, 0.15) is 70.6 Å². The van der Waals surface area contributed by atoms with Crippen LogP contribution in [0.25, 0.3) is 0 Å². The van der Waals surface area contributed by atoms with Crippen LogP contribution < -0.4 is 22.1 Å². The Labute approximate surface area is 254 Å². The highest BCUT2D eigenvalue weighted by molar-refractivity contribution is 6.20. The van der Waals surface area contributed by atoms with Crippen molar-refractivity contribution in [1.29, 1.82) is 0 Å². The number of likely N-dealkylation sites (tertiary alicyclic amines) is 1. The van der Waals surface area contributed by atoms with Gasteiger partial charge < -0.3 is 31.7 Å². The number of hydrogen-bond acceptors (Lipinski definition) is 7. The number of aliphatic imine (C=N–C) groups is 1. The van der Waals surface area contributed by atoms with Gasteiger partial charge >= 0.3 is 0 Å². The lowest BCUT2D eigenvalue weighted by molar-refractivity contribution is -0.219. The van der Waals surface area contributed by atoms with Crippen LogP contribution in [0, 0.1) is 23.7 Å². The molecule has 7 rings (SSSR count). The summed E-state index contributed by atoms with van der Waals surface area (Å²) in [6.45, 7) is 3.69. The van der Waals surface area contributed by atoms with E-state index in [4.69, 9.17) is 16.2 Å². The summed E-state index contributed by atoms with van der Waals surface area (Å²) in [6, 6.07) is -0.0507. The van der Waals surface area contributed by atoms with Crippen molar-refractivity contribution in [2.24, 2.45) is 40.1 Å². The van der Waals surface area contributed by atoms with Crippen LogP contribution in [0.3, 0.4) is 0 Å². The van der Waals surface area contributed by atoms with Gasteiger partial charge in [-0.3, -0.25) is 19.5 Å². The summed E-state index contributed by atoms with van der Waals surface area (Å²) < 4.78 is 23.5. The first-order valence-corrected chi connectivity index (χ1v) is 17.0. The Hall–Kier alpha value is -2.24. The van der Waals surface area contributed by atoms with E-state index in [-0.39, 0.29) is 60.0 Å². The van der Waals surface area contributed by atoms with E-state index in [0.717, 1.165) is 38.9 Å². The maximum atomic E-state index is 16.4. The average molecular weight is 600 g/mol. The van der Waals surface area contributed by atoms with Gasteiger partial charge in [0, 0.05) is 44.3 Å². The lowest BCUT2D eigenvalue weighted by Gasteiger charge is -2.61. The van der Waals surface area contributed by atoms with Crippen molar-refractivity contribution in [2.75, 3.05) is 32.7 Å². The van der Waals surface area contributed by atoms with Gasteiger partial charge in [0.2, 0.25) is 0 Å². The second-order valence-corrected chi connectivity index (χ2v) is 14.4. The van der Waals surface area contributed by atoms with E-state index in [2.05, 4.69) is 25.4 Å². The highest BCUT2D eigenvalue weighted by Gasteiger charge is 2.61. The number of piperidine rings is 1. The van der Waals surface area contributed by atoms with Crippen LogP contribution >= 0.6 is 0 Å². The molecule has 6 N–H and O–H groups in total. The van der Waals surface area contributed by atoms with Gasteiger partial charge in [0.25, 0.3) is 5.91 Å². The first kappa shape index (κ1) is 29.5. The van der Waals surface area contributed by atoms with Crippen LogP contribution in [-0.2, 0) is 14.3 Å². The van der Waals surface area contributed by atoms with Crippen LogP contribution in [0.5, 0.6) is 0 Å². The molecule has 0 radical (unpaired) electrons. The van der Waals surface area contributed by atoms with E-state index >= 15 is 4.39 Å². The maximum Gasteiger partial charge on any atom is 0.256 e. The van der Waals surface area contributed by atoms with Crippen LogP contribution in [0.2, 0.25) is 0 Å². The Morgan fingerprint density at radius 2 is 1.84 bits per heavy atom. The number of carbonyl (C=O) groups is 2. The van der Waals surface area contributed by atoms with Gasteiger partial charge in [0.05, 0.1) is 35.9 Å². The topological polar surface area (TPSA) is 138 Å². The molecule has 4 aliphatic heterocycles. The van der Waals surface area contributed by atoms with Crippen molar-refractivity contribution in [3.8, 4) is 0 Å². The van der Waals surface area contributed by atoms with Gasteiger partial charge in [-0.2, -0.15) is 0 Å². The number of ether oxygens (including phenoxy) is 1. The number of ketones is 1. The van der Waals surface area contributed by atoms with Gasteiger partial charge in [-0.15, -0.1) is 0 Å². The molecular weight excluding hydrogens is 549 g/mol. The highest BCUT2D eigenvalue weighted by Crippen LogP contribution is 2.51. The van der Waals surface area contributed by atoms with Crippen molar-refractivity contribution in [3.05, 3.63) is 11.8 Å². The number of nitrogens with two attached hydrogens (primary N) is 2. The molecule has 0 aromatic heterocycles. The minimum Gasteiger partial charge on any atom is -0.370 e. The highest BCUT2D eigenvalue weighted by atomic mass is 19.1. The number of nitrogens with zero attached hydrogens (tertiary/aromatic N) is 3. The van der Waals surface area contributed by atoms with Gasteiger partial charge in [0.1, 0.15) is 6.17 Å². The molecule has 0 bridgehead atoms. The number of rotatable bonds is 7. The Morgan fingerprint density at radius 3 is 2.63 bits per heavy atom. The van der Waals surface area contributed by atoms with Gasteiger partial charge in [-0.1, -0.05) is 25.7 Å². The number of morpholine rings is 1. The zero-order chi connectivity index (χ0) is 29.7. The number of hydrogen-bond donors (Lipinski definition) is 4. The maximum absolute atomic E-state index is 16.4. The lowest BCUT2D eigenvalue weighted by Crippen LogP contribution is -2.73. The Morgan fingerprint density at radius 1 is 1.05 bits per heavy atom. The van der Waals surface area contributed by atoms with E-state index in [1.165, 1.54) is 38.5 Å². The molecule has 11 unspecified atom stereocenters. The molecule has 11 heteroatoms. The third-order valence-corrected chi connectivity index (χ3v) is 11.9. The van der Waals surface area contributed by atoms with Gasteiger partial charge in [-0.05, 0) is 69.2 Å². The predicted molar refractivity (Wildman–Crippen MR) is 162 cm³/mol. The fourth-order valence-corrected chi connectivity index (χ4v) is 9.93. The average Bonchev–Trinajstić information content (AvgIpc) is 3.42. The molecule has 10 nitrogen and oxygen atoms in total. The van der Waals surface area contributed by atoms with E-state index in [1.807, 2.05) is 6.20 Å². The van der Waals surface area contributed by atoms with E-state index in [9.17, 15) is 9.59 Å². The molecule has 1 amide bonds. The van der Waals surface area contributed by atoms with Gasteiger partial charge in [0.15, 0.2) is 11.7 Å². The predicted octanol–water partition coefficient (Wildman–Crippen LogP) is 1.44. The molecule has 7 aliphatic rings. The standard InChI is InChI=1S/C32H50FN7O3/c33-23-14-21-27-30(28(23)39-15-20-8-5-11-36-24(20)17-39)43-26-13-19-7-2-1-6-18(19)12-25(26)40(27)16-22(29(21)41)31(42)37-9-3-4-10-38-32(34)35/h16,18-21,23-28,30,36H,1-15,17H2,(H,37,42)(H4,34,35,38). The first-order chi connectivity index (χ1) is 20.9. The number of fused-ring (bicyclic) bond motifs is 4. The molecule has 6 fully saturated rings. The number of amides is 1. The first-order valence-electron chi connectivity index (χ1n) is 17.0. The summed E-state index contributed by atoms with van der Waals surface area (Å²) >= 11 is 0. The molecule has 0 aromatic rings. The SMILES string of the molecule is NC(N)=NCCCCNC(=O)C1=CN2C3CC4CCCCC4CC3OC3C(N4CC5CCCNC5C4)C(F)CC(C1=O)C32. The van der Waals surface area contributed by atoms with Gasteiger partial charge in [-0.25, -0.2) is 4.39 Å². The molecule has 3 saturated heterocycles.